The quantitative estimate of drug-likeness (QED) is 0.839. The van der Waals surface area contributed by atoms with Crippen molar-refractivity contribution in [1.82, 2.24) is 5.32 Å². The summed E-state index contributed by atoms with van der Waals surface area (Å²) in [5.74, 6) is 0. The third-order valence-corrected chi connectivity index (χ3v) is 3.57. The van der Waals surface area contributed by atoms with E-state index >= 15 is 0 Å². The fourth-order valence-corrected chi connectivity index (χ4v) is 2.42. The van der Waals surface area contributed by atoms with Gasteiger partial charge in [-0.15, -0.1) is 11.3 Å². The Hall–Kier alpha value is -0.930. The molecule has 0 saturated heterocycles. The van der Waals surface area contributed by atoms with Gasteiger partial charge in [0.05, 0.1) is 0 Å². The summed E-state index contributed by atoms with van der Waals surface area (Å²) in [4.78, 5) is 0. The second kappa shape index (κ2) is 4.29. The molecular formula is C12H14FNS. The van der Waals surface area contributed by atoms with Crippen LogP contribution in [0.2, 0.25) is 0 Å². The third-order valence-electron chi connectivity index (χ3n) is 2.69. The van der Waals surface area contributed by atoms with Crippen molar-refractivity contribution >= 4 is 21.4 Å². The minimum Gasteiger partial charge on any atom is -0.314 e. The molecule has 0 aliphatic carbocycles. The van der Waals surface area contributed by atoms with Crippen molar-refractivity contribution in [3.8, 4) is 0 Å². The molecule has 0 amide bonds. The van der Waals surface area contributed by atoms with Gasteiger partial charge >= 0.3 is 0 Å². The van der Waals surface area contributed by atoms with E-state index in [0.29, 0.717) is 0 Å². The molecule has 3 heteroatoms. The summed E-state index contributed by atoms with van der Waals surface area (Å²) in [6, 6.07) is 7.70. The molecule has 80 valence electrons. The predicted octanol–water partition coefficient (Wildman–Crippen LogP) is 3.52. The van der Waals surface area contributed by atoms with Crippen LogP contribution in [0, 0.1) is 0 Å². The topological polar surface area (TPSA) is 12.0 Å². The number of hydrogen-bond acceptors (Lipinski definition) is 2. The van der Waals surface area contributed by atoms with E-state index in [9.17, 15) is 4.39 Å². The van der Waals surface area contributed by atoms with Crippen molar-refractivity contribution in [3.63, 3.8) is 0 Å². The van der Waals surface area contributed by atoms with Crippen LogP contribution < -0.4 is 5.32 Å². The summed E-state index contributed by atoms with van der Waals surface area (Å²) < 4.78 is 15.1. The van der Waals surface area contributed by atoms with Gasteiger partial charge in [0, 0.05) is 10.7 Å². The molecule has 1 aromatic carbocycles. The summed E-state index contributed by atoms with van der Waals surface area (Å²) in [5, 5.41) is 6.15. The van der Waals surface area contributed by atoms with E-state index in [1.807, 2.05) is 30.5 Å². The Morgan fingerprint density at radius 2 is 2.13 bits per heavy atom. The number of benzene rings is 1. The minimum atomic E-state index is -0.943. The van der Waals surface area contributed by atoms with Gasteiger partial charge in [-0.25, -0.2) is 4.39 Å². The first-order chi connectivity index (χ1) is 7.22. The molecule has 0 aliphatic rings. The molecule has 15 heavy (non-hydrogen) atoms. The molecule has 0 aliphatic heterocycles. The lowest BCUT2D eigenvalue weighted by atomic mass is 10.0. The monoisotopic (exact) mass is 223 g/mol. The van der Waals surface area contributed by atoms with Gasteiger partial charge in [0.15, 0.2) is 0 Å². The van der Waals surface area contributed by atoms with E-state index in [-0.39, 0.29) is 6.04 Å². The SMILES string of the molecule is CNC(C)C(F)c1ccc2ccsc2c1. The van der Waals surface area contributed by atoms with E-state index in [1.165, 1.54) is 5.39 Å². The van der Waals surface area contributed by atoms with E-state index in [4.69, 9.17) is 0 Å². The van der Waals surface area contributed by atoms with Gasteiger partial charge in [-0.3, -0.25) is 0 Å². The van der Waals surface area contributed by atoms with Crippen LogP contribution in [0.25, 0.3) is 10.1 Å². The molecule has 0 spiro atoms. The highest BCUT2D eigenvalue weighted by molar-refractivity contribution is 7.17. The Labute approximate surface area is 92.9 Å². The van der Waals surface area contributed by atoms with Crippen molar-refractivity contribution in [2.24, 2.45) is 0 Å². The largest absolute Gasteiger partial charge is 0.314 e. The summed E-state index contributed by atoms with van der Waals surface area (Å²) in [5.41, 5.74) is 0.756. The van der Waals surface area contributed by atoms with Crippen molar-refractivity contribution in [1.29, 1.82) is 0 Å². The summed E-state index contributed by atoms with van der Waals surface area (Å²) in [6.45, 7) is 1.85. The Kier molecular flexibility index (Phi) is 3.03. The van der Waals surface area contributed by atoms with Crippen LogP contribution in [-0.2, 0) is 0 Å². The van der Waals surface area contributed by atoms with Crippen LogP contribution in [0.3, 0.4) is 0 Å². The standard InChI is InChI=1S/C12H14FNS/c1-8(14-2)12(13)10-4-3-9-5-6-15-11(9)7-10/h3-8,12,14H,1-2H3. The fraction of sp³-hybridized carbons (Fsp3) is 0.333. The summed E-state index contributed by atoms with van der Waals surface area (Å²) >= 11 is 1.65. The zero-order valence-electron chi connectivity index (χ0n) is 8.83. The molecule has 2 atom stereocenters. The Morgan fingerprint density at radius 3 is 2.87 bits per heavy atom. The first-order valence-electron chi connectivity index (χ1n) is 5.01. The molecular weight excluding hydrogens is 209 g/mol. The first kappa shape index (κ1) is 10.6. The lowest BCUT2D eigenvalue weighted by Crippen LogP contribution is -2.26. The predicted molar refractivity (Wildman–Crippen MR) is 64.2 cm³/mol. The van der Waals surface area contributed by atoms with Gasteiger partial charge in [-0.2, -0.15) is 0 Å². The maximum atomic E-state index is 13.9. The van der Waals surface area contributed by atoms with Gasteiger partial charge in [0.25, 0.3) is 0 Å². The summed E-state index contributed by atoms with van der Waals surface area (Å²) in [6.07, 6.45) is -0.943. The molecule has 2 rings (SSSR count). The number of likely N-dealkylation sites (N-methyl/N-ethyl adjacent to an activating group) is 1. The third kappa shape index (κ3) is 2.03. The molecule has 2 aromatic rings. The number of nitrogens with one attached hydrogen (secondary N) is 1. The molecule has 1 nitrogen and oxygen atoms in total. The second-order valence-corrected chi connectivity index (χ2v) is 4.64. The highest BCUT2D eigenvalue weighted by atomic mass is 32.1. The molecule has 0 saturated carbocycles. The molecule has 0 radical (unpaired) electrons. The van der Waals surface area contributed by atoms with Crippen LogP contribution >= 0.6 is 11.3 Å². The Balaban J connectivity index is 2.35. The minimum absolute atomic E-state index is 0.151. The highest BCUT2D eigenvalue weighted by Crippen LogP contribution is 2.27. The Morgan fingerprint density at radius 1 is 1.33 bits per heavy atom. The van der Waals surface area contributed by atoms with Crippen molar-refractivity contribution in [3.05, 3.63) is 35.2 Å². The smallest absolute Gasteiger partial charge is 0.140 e. The van der Waals surface area contributed by atoms with E-state index in [1.54, 1.807) is 18.4 Å². The van der Waals surface area contributed by atoms with Crippen LogP contribution in [0.4, 0.5) is 4.39 Å². The lowest BCUT2D eigenvalue weighted by molar-refractivity contribution is 0.275. The zero-order chi connectivity index (χ0) is 10.8. The molecule has 1 aromatic heterocycles. The number of fused-ring (bicyclic) bond motifs is 1. The van der Waals surface area contributed by atoms with Gasteiger partial charge in [-0.1, -0.05) is 12.1 Å². The Bertz CT molecular complexity index is 452. The van der Waals surface area contributed by atoms with Crippen molar-refractivity contribution < 1.29 is 4.39 Å². The number of thiophene rings is 1. The van der Waals surface area contributed by atoms with Crippen LogP contribution in [0.5, 0.6) is 0 Å². The van der Waals surface area contributed by atoms with Crippen molar-refractivity contribution in [2.75, 3.05) is 7.05 Å². The van der Waals surface area contributed by atoms with Gasteiger partial charge in [0.2, 0.25) is 0 Å². The highest BCUT2D eigenvalue weighted by Gasteiger charge is 2.16. The van der Waals surface area contributed by atoms with E-state index in [2.05, 4.69) is 11.4 Å². The molecule has 1 N–H and O–H groups in total. The lowest BCUT2D eigenvalue weighted by Gasteiger charge is -2.16. The number of halogens is 1. The maximum absolute atomic E-state index is 13.9. The van der Waals surface area contributed by atoms with Crippen molar-refractivity contribution in [2.45, 2.75) is 19.1 Å². The van der Waals surface area contributed by atoms with Crippen LogP contribution in [-0.4, -0.2) is 13.1 Å². The number of alkyl halides is 1. The van der Waals surface area contributed by atoms with E-state index < -0.39 is 6.17 Å². The summed E-state index contributed by atoms with van der Waals surface area (Å²) in [7, 11) is 1.78. The second-order valence-electron chi connectivity index (χ2n) is 3.70. The van der Waals surface area contributed by atoms with Crippen LogP contribution in [0.1, 0.15) is 18.7 Å². The van der Waals surface area contributed by atoms with Gasteiger partial charge in [-0.05, 0) is 42.4 Å². The van der Waals surface area contributed by atoms with Gasteiger partial charge in [0.1, 0.15) is 6.17 Å². The molecule has 1 heterocycles. The molecule has 0 bridgehead atoms. The van der Waals surface area contributed by atoms with Crippen LogP contribution in [0.15, 0.2) is 29.6 Å². The first-order valence-corrected chi connectivity index (χ1v) is 5.89. The van der Waals surface area contributed by atoms with E-state index in [0.717, 1.165) is 10.3 Å². The normalized spacial score (nSPS) is 15.4. The average Bonchev–Trinajstić information content (AvgIpc) is 2.73. The zero-order valence-corrected chi connectivity index (χ0v) is 9.64. The van der Waals surface area contributed by atoms with Gasteiger partial charge < -0.3 is 5.32 Å². The number of rotatable bonds is 3. The molecule has 0 fully saturated rings. The number of hydrogen-bond donors (Lipinski definition) is 1. The average molecular weight is 223 g/mol. The fourth-order valence-electron chi connectivity index (χ4n) is 1.58. The maximum Gasteiger partial charge on any atom is 0.140 e. The molecule has 2 unspecified atom stereocenters.